The minimum atomic E-state index is 0.714. The molecule has 4 nitrogen and oxygen atoms in total. The normalized spacial score (nSPS) is 11.7. The number of aryl methyl sites for hydroxylation is 4. The highest BCUT2D eigenvalue weighted by molar-refractivity contribution is 6.23. The van der Waals surface area contributed by atoms with Gasteiger partial charge < -0.3 is 0 Å². The van der Waals surface area contributed by atoms with E-state index in [4.69, 9.17) is 9.97 Å². The molecule has 0 saturated carbocycles. The van der Waals surface area contributed by atoms with Gasteiger partial charge in [0.2, 0.25) is 0 Å². The van der Waals surface area contributed by atoms with E-state index in [1.807, 2.05) is 0 Å². The summed E-state index contributed by atoms with van der Waals surface area (Å²) in [5, 5.41) is 5.97. The van der Waals surface area contributed by atoms with Gasteiger partial charge in [0.25, 0.3) is 0 Å². The molecule has 0 aliphatic rings. The second-order valence-corrected chi connectivity index (χ2v) is 16.0. The van der Waals surface area contributed by atoms with Gasteiger partial charge in [-0.25, -0.2) is 9.97 Å². The first-order valence-electron chi connectivity index (χ1n) is 20.7. The van der Waals surface area contributed by atoms with Gasteiger partial charge in [-0.15, -0.1) is 0 Å². The smallest absolute Gasteiger partial charge is 0.160 e. The highest BCUT2D eigenvalue weighted by atomic mass is 15.1. The van der Waals surface area contributed by atoms with Gasteiger partial charge in [0, 0.05) is 43.9 Å². The van der Waals surface area contributed by atoms with Crippen LogP contribution in [0, 0.1) is 27.7 Å². The van der Waals surface area contributed by atoms with Crippen molar-refractivity contribution in [2.24, 2.45) is 0 Å². The second-order valence-electron chi connectivity index (χ2n) is 16.0. The summed E-state index contributed by atoms with van der Waals surface area (Å²) in [5.41, 5.74) is 18.1. The Hall–Kier alpha value is -7.56. The van der Waals surface area contributed by atoms with Gasteiger partial charge in [-0.1, -0.05) is 133 Å². The molecule has 0 saturated heterocycles. The molecule has 3 heterocycles. The number of para-hydroxylation sites is 2. The fourth-order valence-electron chi connectivity index (χ4n) is 9.51. The third kappa shape index (κ3) is 5.67. The number of benzene rings is 8. The Bertz CT molecular complexity index is 3350. The molecule has 0 unspecified atom stereocenters. The van der Waals surface area contributed by atoms with Gasteiger partial charge in [-0.3, -0.25) is 9.13 Å². The highest BCUT2D eigenvalue weighted by Gasteiger charge is 2.24. The fraction of sp³-hybridized carbons (Fsp3) is 0.0714. The number of aromatic nitrogens is 4. The predicted molar refractivity (Wildman–Crippen MR) is 251 cm³/mol. The average Bonchev–Trinajstić information content (AvgIpc) is 3.79. The lowest BCUT2D eigenvalue weighted by molar-refractivity contribution is 1.07. The molecule has 60 heavy (non-hydrogen) atoms. The molecule has 0 bridgehead atoms. The third-order valence-electron chi connectivity index (χ3n) is 12.2. The van der Waals surface area contributed by atoms with E-state index in [2.05, 4.69) is 219 Å². The van der Waals surface area contributed by atoms with Crippen molar-refractivity contribution in [2.75, 3.05) is 0 Å². The van der Waals surface area contributed by atoms with E-state index in [9.17, 15) is 0 Å². The van der Waals surface area contributed by atoms with Crippen molar-refractivity contribution in [2.45, 2.75) is 27.7 Å². The molecule has 286 valence electrons. The summed E-state index contributed by atoms with van der Waals surface area (Å²) in [7, 11) is 0. The summed E-state index contributed by atoms with van der Waals surface area (Å²) in [6.07, 6.45) is 0. The van der Waals surface area contributed by atoms with Gasteiger partial charge in [-0.05, 0) is 115 Å². The summed E-state index contributed by atoms with van der Waals surface area (Å²) in [6.45, 7) is 8.67. The summed E-state index contributed by atoms with van der Waals surface area (Å²) in [5.74, 6) is 0.714. The highest BCUT2D eigenvalue weighted by Crippen LogP contribution is 2.43. The first-order valence-corrected chi connectivity index (χ1v) is 20.7. The Labute approximate surface area is 349 Å². The molecule has 0 spiro atoms. The van der Waals surface area contributed by atoms with Crippen molar-refractivity contribution >= 4 is 43.6 Å². The molecular formula is C56H42N4. The van der Waals surface area contributed by atoms with Crippen LogP contribution in [0.1, 0.15) is 22.3 Å². The Morgan fingerprint density at radius 2 is 0.967 bits per heavy atom. The van der Waals surface area contributed by atoms with E-state index >= 15 is 0 Å². The maximum Gasteiger partial charge on any atom is 0.160 e. The zero-order valence-corrected chi connectivity index (χ0v) is 34.1. The van der Waals surface area contributed by atoms with Crippen LogP contribution >= 0.6 is 0 Å². The molecule has 11 aromatic rings. The summed E-state index contributed by atoms with van der Waals surface area (Å²) in [4.78, 5) is 10.6. The van der Waals surface area contributed by atoms with Crippen LogP contribution < -0.4 is 0 Å². The monoisotopic (exact) mass is 770 g/mol. The Balaban J connectivity index is 1.17. The topological polar surface area (TPSA) is 35.6 Å². The summed E-state index contributed by atoms with van der Waals surface area (Å²) in [6, 6.07) is 65.7. The second kappa shape index (κ2) is 14.1. The van der Waals surface area contributed by atoms with Crippen molar-refractivity contribution in [1.29, 1.82) is 0 Å². The number of fused-ring (bicyclic) bond motifs is 6. The van der Waals surface area contributed by atoms with Crippen LogP contribution in [0.25, 0.3) is 100 Å². The van der Waals surface area contributed by atoms with Crippen LogP contribution in [0.3, 0.4) is 0 Å². The lowest BCUT2D eigenvalue weighted by Crippen LogP contribution is -2.02. The summed E-state index contributed by atoms with van der Waals surface area (Å²) < 4.78 is 4.91. The fourth-order valence-corrected chi connectivity index (χ4v) is 9.51. The lowest BCUT2D eigenvalue weighted by Gasteiger charge is -2.16. The molecule has 0 fully saturated rings. The molecule has 0 N–H and O–H groups in total. The third-order valence-corrected chi connectivity index (χ3v) is 12.2. The van der Waals surface area contributed by atoms with Crippen molar-refractivity contribution in [3.8, 4) is 56.4 Å². The molecule has 0 amide bonds. The maximum atomic E-state index is 5.32. The zero-order chi connectivity index (χ0) is 40.5. The minimum Gasteiger partial charge on any atom is -0.295 e. The van der Waals surface area contributed by atoms with Crippen LogP contribution in [-0.2, 0) is 0 Å². The molecule has 0 radical (unpaired) electrons. The van der Waals surface area contributed by atoms with Crippen LogP contribution in [0.4, 0.5) is 0 Å². The van der Waals surface area contributed by atoms with E-state index < -0.39 is 0 Å². The van der Waals surface area contributed by atoms with Gasteiger partial charge in [-0.2, -0.15) is 0 Å². The van der Waals surface area contributed by atoms with Crippen molar-refractivity contribution < 1.29 is 0 Å². The van der Waals surface area contributed by atoms with E-state index in [1.54, 1.807) is 0 Å². The quantitative estimate of drug-likeness (QED) is 0.169. The average molecular weight is 771 g/mol. The van der Waals surface area contributed by atoms with Crippen molar-refractivity contribution in [3.63, 3.8) is 0 Å². The molecule has 0 aliphatic heterocycles. The molecule has 0 aliphatic carbocycles. The van der Waals surface area contributed by atoms with Gasteiger partial charge >= 0.3 is 0 Å². The number of rotatable bonds is 6. The van der Waals surface area contributed by atoms with Crippen LogP contribution in [-0.4, -0.2) is 19.1 Å². The molecule has 11 rings (SSSR count). The van der Waals surface area contributed by atoms with E-state index in [-0.39, 0.29) is 0 Å². The first kappa shape index (κ1) is 35.6. The van der Waals surface area contributed by atoms with E-state index in [0.717, 1.165) is 61.4 Å². The van der Waals surface area contributed by atoms with Gasteiger partial charge in [0.1, 0.15) is 5.65 Å². The zero-order valence-electron chi connectivity index (χ0n) is 34.1. The van der Waals surface area contributed by atoms with Crippen molar-refractivity contribution in [3.05, 3.63) is 204 Å². The van der Waals surface area contributed by atoms with Crippen LogP contribution in [0.5, 0.6) is 0 Å². The number of hydrogen-bond donors (Lipinski definition) is 0. The van der Waals surface area contributed by atoms with Gasteiger partial charge in [0.05, 0.1) is 28.1 Å². The Morgan fingerprint density at radius 3 is 1.65 bits per heavy atom. The largest absolute Gasteiger partial charge is 0.295 e. The Morgan fingerprint density at radius 1 is 0.383 bits per heavy atom. The number of hydrogen-bond acceptors (Lipinski definition) is 2. The minimum absolute atomic E-state index is 0.714. The maximum absolute atomic E-state index is 5.32. The SMILES string of the molecule is Cc1cccc(C)c1-c1cc(-c2c(C)cccc2C)nc(-c2ccc3c(-n4c5ccc(-c6ccccc6)cc5c5c6ccccc6n(-c6ccccc6)c54)cccc3c2)n1. The first-order chi connectivity index (χ1) is 29.4. The number of nitrogens with zero attached hydrogens (tertiary/aromatic N) is 4. The molecule has 8 aromatic carbocycles. The van der Waals surface area contributed by atoms with E-state index in [0.29, 0.717) is 5.82 Å². The molecular weight excluding hydrogens is 729 g/mol. The summed E-state index contributed by atoms with van der Waals surface area (Å²) >= 11 is 0. The molecule has 3 aromatic heterocycles. The standard InChI is InChI=1S/C56H42N4/c1-35-16-13-17-36(2)52(35)47-34-48(53-37(3)18-14-19-38(53)4)58-55(57-47)42-28-30-44-41(32-42)22-15-27-49(44)60-51-31-29-40(39-20-7-5-8-21-39)33-46(51)54-45-25-11-12-26-50(45)59(56(54)60)43-23-9-6-10-24-43/h5-34H,1-4H3. The van der Waals surface area contributed by atoms with Gasteiger partial charge in [0.15, 0.2) is 5.82 Å². The van der Waals surface area contributed by atoms with Crippen molar-refractivity contribution in [1.82, 2.24) is 19.1 Å². The van der Waals surface area contributed by atoms with Crippen LogP contribution in [0.15, 0.2) is 182 Å². The Kier molecular flexibility index (Phi) is 8.35. The predicted octanol–water partition coefficient (Wildman–Crippen LogP) is 14.6. The lowest BCUT2D eigenvalue weighted by atomic mass is 9.95. The van der Waals surface area contributed by atoms with Crippen LogP contribution in [0.2, 0.25) is 0 Å². The molecule has 4 heteroatoms. The van der Waals surface area contributed by atoms with E-state index in [1.165, 1.54) is 55.1 Å². The molecule has 0 atom stereocenters.